The summed E-state index contributed by atoms with van der Waals surface area (Å²) in [4.78, 5) is 0. The molecule has 0 fully saturated rings. The van der Waals surface area contributed by atoms with E-state index in [9.17, 15) is 0 Å². The zero-order valence-corrected chi connectivity index (χ0v) is 17.8. The Kier molecular flexibility index (Phi) is 5.98. The lowest BCUT2D eigenvalue weighted by Crippen LogP contribution is -2.57. The first kappa shape index (κ1) is 18.9. The molecule has 0 radical (unpaired) electrons. The molecule has 26 heavy (non-hydrogen) atoms. The summed E-state index contributed by atoms with van der Waals surface area (Å²) in [5.41, 5.74) is 3.04. The lowest BCUT2D eigenvalue weighted by molar-refractivity contribution is 0.789. The zero-order valence-electron chi connectivity index (χ0n) is 16.8. The smallest absolute Gasteiger partial charge is 0.0805 e. The molecule has 2 aromatic rings. The summed E-state index contributed by atoms with van der Waals surface area (Å²) in [6, 6.07) is 20.8. The highest BCUT2D eigenvalue weighted by Gasteiger charge is 2.38. The molecular formula is C25H32Si. The summed E-state index contributed by atoms with van der Waals surface area (Å²) < 4.78 is 0. The van der Waals surface area contributed by atoms with Crippen molar-refractivity contribution in [1.82, 2.24) is 0 Å². The van der Waals surface area contributed by atoms with Crippen molar-refractivity contribution in [2.75, 3.05) is 0 Å². The van der Waals surface area contributed by atoms with Crippen molar-refractivity contribution in [1.29, 1.82) is 0 Å². The summed E-state index contributed by atoms with van der Waals surface area (Å²) in [5, 5.41) is 4.76. The van der Waals surface area contributed by atoms with Crippen LogP contribution in [0.25, 0.3) is 0 Å². The van der Waals surface area contributed by atoms with E-state index in [-0.39, 0.29) is 0 Å². The van der Waals surface area contributed by atoms with Crippen LogP contribution in [0.5, 0.6) is 0 Å². The second-order valence-electron chi connectivity index (χ2n) is 7.99. The van der Waals surface area contributed by atoms with Crippen LogP contribution in [-0.2, 0) is 6.42 Å². The summed E-state index contributed by atoms with van der Waals surface area (Å²) in [5.74, 6) is 0.586. The molecule has 0 amide bonds. The number of hydrogen-bond donors (Lipinski definition) is 0. The van der Waals surface area contributed by atoms with Crippen molar-refractivity contribution in [2.45, 2.75) is 53.0 Å². The number of allylic oxidation sites excluding steroid dienone is 4. The molecule has 0 heterocycles. The van der Waals surface area contributed by atoms with Gasteiger partial charge in [0.15, 0.2) is 0 Å². The third-order valence-electron chi connectivity index (χ3n) is 5.89. The van der Waals surface area contributed by atoms with Crippen LogP contribution in [0.2, 0.25) is 6.55 Å². The molecule has 0 spiro atoms. The molecule has 1 atom stereocenters. The van der Waals surface area contributed by atoms with Crippen molar-refractivity contribution in [2.24, 2.45) is 5.92 Å². The fourth-order valence-electron chi connectivity index (χ4n) is 4.23. The molecule has 0 nitrogen and oxygen atoms in total. The molecule has 0 saturated heterocycles. The second-order valence-corrected chi connectivity index (χ2v) is 12.0. The van der Waals surface area contributed by atoms with Crippen molar-refractivity contribution >= 4 is 18.4 Å². The summed E-state index contributed by atoms with van der Waals surface area (Å²) in [7, 11) is -1.93. The van der Waals surface area contributed by atoms with Crippen molar-refractivity contribution in [3.05, 3.63) is 83.1 Å². The summed E-state index contributed by atoms with van der Waals surface area (Å²) in [6.45, 7) is 9.48. The molecule has 1 aliphatic carbocycles. The van der Waals surface area contributed by atoms with E-state index in [0.29, 0.717) is 5.92 Å². The highest BCUT2D eigenvalue weighted by atomic mass is 28.3. The SMILES string of the molecule is CCCCc1ccc([Si](C)(C2=C(C(C)C)C=CC2)c2ccccc2)cc1. The highest BCUT2D eigenvalue weighted by Crippen LogP contribution is 2.32. The normalized spacial score (nSPS) is 16.3. The van der Waals surface area contributed by atoms with Crippen LogP contribution in [0.1, 0.15) is 45.6 Å². The van der Waals surface area contributed by atoms with Crippen molar-refractivity contribution < 1.29 is 0 Å². The topological polar surface area (TPSA) is 0 Å². The fourth-order valence-corrected chi connectivity index (χ4v) is 8.43. The first-order chi connectivity index (χ1) is 12.6. The maximum absolute atomic E-state index is 2.55. The predicted molar refractivity (Wildman–Crippen MR) is 118 cm³/mol. The first-order valence-electron chi connectivity index (χ1n) is 10.1. The van der Waals surface area contributed by atoms with Gasteiger partial charge in [-0.25, -0.2) is 0 Å². The maximum Gasteiger partial charge on any atom is 0.141 e. The highest BCUT2D eigenvalue weighted by molar-refractivity contribution is 7.06. The van der Waals surface area contributed by atoms with Crippen LogP contribution in [0.3, 0.4) is 0 Å². The monoisotopic (exact) mass is 360 g/mol. The van der Waals surface area contributed by atoms with Crippen LogP contribution in [-0.4, -0.2) is 8.07 Å². The molecule has 0 bridgehead atoms. The molecule has 0 saturated carbocycles. The van der Waals surface area contributed by atoms with Crippen LogP contribution in [0.4, 0.5) is 0 Å². The Balaban J connectivity index is 2.09. The third-order valence-corrected chi connectivity index (χ3v) is 10.6. The molecule has 136 valence electrons. The van der Waals surface area contributed by atoms with Gasteiger partial charge in [-0.05, 0) is 46.7 Å². The van der Waals surface area contributed by atoms with E-state index in [2.05, 4.69) is 94.1 Å². The van der Waals surface area contributed by atoms with Crippen LogP contribution < -0.4 is 10.4 Å². The Labute approximate surface area is 160 Å². The minimum Gasteiger partial charge on any atom is -0.0805 e. The molecule has 1 heteroatoms. The summed E-state index contributed by atoms with van der Waals surface area (Å²) in [6.07, 6.45) is 9.59. The Hall–Kier alpha value is -1.86. The Bertz CT molecular complexity index is 781. The van der Waals surface area contributed by atoms with E-state index in [1.54, 1.807) is 16.0 Å². The lowest BCUT2D eigenvalue weighted by Gasteiger charge is -2.33. The van der Waals surface area contributed by atoms with E-state index >= 15 is 0 Å². The standard InChI is InChI=1S/C25H32Si/c1-5-6-11-21-16-18-23(19-17-21)26(4,22-12-8-7-9-13-22)25-15-10-14-24(25)20(2)3/h7-10,12-14,16-20H,5-6,11,15H2,1-4H3. The quantitative estimate of drug-likeness (QED) is 0.558. The number of unbranched alkanes of at least 4 members (excludes halogenated alkanes) is 1. The zero-order chi connectivity index (χ0) is 18.6. The average molecular weight is 361 g/mol. The van der Waals surface area contributed by atoms with E-state index < -0.39 is 8.07 Å². The van der Waals surface area contributed by atoms with Crippen molar-refractivity contribution in [3.63, 3.8) is 0 Å². The predicted octanol–water partition coefficient (Wildman–Crippen LogP) is 5.67. The number of rotatable bonds is 7. The number of benzene rings is 2. The molecule has 0 aromatic heterocycles. The maximum atomic E-state index is 2.55. The first-order valence-corrected chi connectivity index (χ1v) is 12.6. The fraction of sp³-hybridized carbons (Fsp3) is 0.360. The van der Waals surface area contributed by atoms with Gasteiger partial charge in [0.25, 0.3) is 0 Å². The van der Waals surface area contributed by atoms with Gasteiger partial charge in [0.2, 0.25) is 0 Å². The summed E-state index contributed by atoms with van der Waals surface area (Å²) >= 11 is 0. The van der Waals surface area contributed by atoms with E-state index in [0.717, 1.165) is 6.42 Å². The molecule has 1 aliphatic rings. The van der Waals surface area contributed by atoms with Gasteiger partial charge in [0.1, 0.15) is 8.07 Å². The Morgan fingerprint density at radius 2 is 1.58 bits per heavy atom. The van der Waals surface area contributed by atoms with Gasteiger partial charge in [0, 0.05) is 0 Å². The van der Waals surface area contributed by atoms with E-state index in [1.165, 1.54) is 30.0 Å². The third kappa shape index (κ3) is 3.64. The molecule has 0 N–H and O–H groups in total. The number of aryl methyl sites for hydroxylation is 1. The van der Waals surface area contributed by atoms with E-state index in [4.69, 9.17) is 0 Å². The van der Waals surface area contributed by atoms with Crippen LogP contribution in [0.15, 0.2) is 77.5 Å². The Morgan fingerprint density at radius 3 is 2.19 bits per heavy atom. The second kappa shape index (κ2) is 8.22. The van der Waals surface area contributed by atoms with Gasteiger partial charge in [-0.2, -0.15) is 0 Å². The van der Waals surface area contributed by atoms with Gasteiger partial charge < -0.3 is 0 Å². The molecule has 3 rings (SSSR count). The molecule has 0 aliphatic heterocycles. The van der Waals surface area contributed by atoms with Crippen molar-refractivity contribution in [3.8, 4) is 0 Å². The molecule has 2 aromatic carbocycles. The van der Waals surface area contributed by atoms with Gasteiger partial charge in [-0.3, -0.25) is 0 Å². The molecule has 1 unspecified atom stereocenters. The number of hydrogen-bond acceptors (Lipinski definition) is 0. The van der Waals surface area contributed by atoms with Gasteiger partial charge in [-0.1, -0.05) is 106 Å². The Morgan fingerprint density at radius 1 is 0.923 bits per heavy atom. The van der Waals surface area contributed by atoms with E-state index in [1.807, 2.05) is 0 Å². The lowest BCUT2D eigenvalue weighted by atomic mass is 10.1. The largest absolute Gasteiger partial charge is 0.141 e. The van der Waals surface area contributed by atoms with Crippen LogP contribution in [0, 0.1) is 5.92 Å². The minimum atomic E-state index is -1.93. The van der Waals surface area contributed by atoms with Crippen LogP contribution >= 0.6 is 0 Å². The average Bonchev–Trinajstić information content (AvgIpc) is 3.17. The van der Waals surface area contributed by atoms with Gasteiger partial charge in [-0.15, -0.1) is 0 Å². The van der Waals surface area contributed by atoms with Gasteiger partial charge >= 0.3 is 0 Å². The minimum absolute atomic E-state index is 0.586. The molecular weight excluding hydrogens is 328 g/mol. The van der Waals surface area contributed by atoms with Gasteiger partial charge in [0.05, 0.1) is 0 Å².